The number of aryl methyl sites for hydroxylation is 1. The van der Waals surface area contributed by atoms with Gasteiger partial charge in [-0.15, -0.1) is 11.6 Å². The van der Waals surface area contributed by atoms with Gasteiger partial charge in [0.15, 0.2) is 0 Å². The first-order chi connectivity index (χ1) is 10.1. The van der Waals surface area contributed by atoms with Crippen molar-refractivity contribution in [2.24, 2.45) is 0 Å². The fourth-order valence-electron chi connectivity index (χ4n) is 2.28. The minimum atomic E-state index is -0.247. The minimum Gasteiger partial charge on any atom is -0.321 e. The van der Waals surface area contributed by atoms with Crippen LogP contribution in [0.3, 0.4) is 0 Å². The molecule has 2 heterocycles. The van der Waals surface area contributed by atoms with Gasteiger partial charge in [-0.2, -0.15) is 0 Å². The summed E-state index contributed by atoms with van der Waals surface area (Å²) in [5.74, 6) is 0.750. The maximum Gasteiger partial charge on any atom is 0.138 e. The van der Waals surface area contributed by atoms with Crippen molar-refractivity contribution in [2.45, 2.75) is 19.3 Å². The lowest BCUT2D eigenvalue weighted by Gasteiger charge is -2.09. The molecule has 2 aromatic heterocycles. The van der Waals surface area contributed by atoms with E-state index in [0.29, 0.717) is 10.1 Å². The van der Waals surface area contributed by atoms with E-state index >= 15 is 0 Å². The van der Waals surface area contributed by atoms with E-state index in [2.05, 4.69) is 9.97 Å². The molecule has 0 aliphatic heterocycles. The molecule has 108 valence electrons. The Morgan fingerprint density at radius 2 is 2.19 bits per heavy atom. The average Bonchev–Trinajstić information content (AvgIpc) is 2.79. The lowest BCUT2D eigenvalue weighted by Crippen LogP contribution is -2.07. The van der Waals surface area contributed by atoms with Crippen molar-refractivity contribution in [1.82, 2.24) is 14.5 Å². The first-order valence-corrected chi connectivity index (χ1v) is 8.02. The number of imidazole rings is 1. The summed E-state index contributed by atoms with van der Waals surface area (Å²) in [5, 5.41) is 0. The first kappa shape index (κ1) is 14.7. The Hall–Kier alpha value is -1.21. The number of alkyl halides is 1. The lowest BCUT2D eigenvalue weighted by molar-refractivity contribution is 0.620. The van der Waals surface area contributed by atoms with Crippen LogP contribution in [0.1, 0.15) is 17.1 Å². The van der Waals surface area contributed by atoms with Crippen molar-refractivity contribution in [3.8, 4) is 0 Å². The highest BCUT2D eigenvalue weighted by atomic mass is 127. The van der Waals surface area contributed by atoms with Gasteiger partial charge in [0.1, 0.15) is 11.6 Å². The molecule has 0 unspecified atom stereocenters. The van der Waals surface area contributed by atoms with E-state index in [1.165, 1.54) is 6.07 Å². The Bertz CT molecular complexity index is 816. The van der Waals surface area contributed by atoms with E-state index in [1.54, 1.807) is 12.3 Å². The van der Waals surface area contributed by atoms with E-state index in [1.807, 2.05) is 46.2 Å². The van der Waals surface area contributed by atoms with Gasteiger partial charge in [-0.25, -0.2) is 9.37 Å². The molecular formula is C15H12ClFIN3. The summed E-state index contributed by atoms with van der Waals surface area (Å²) in [7, 11) is 0. The Balaban J connectivity index is 2.16. The molecule has 1 aromatic carbocycles. The highest BCUT2D eigenvalue weighted by Crippen LogP contribution is 2.24. The third-order valence-electron chi connectivity index (χ3n) is 3.41. The molecule has 0 fully saturated rings. The molecule has 0 spiro atoms. The summed E-state index contributed by atoms with van der Waals surface area (Å²) < 4.78 is 16.3. The van der Waals surface area contributed by atoms with E-state index in [4.69, 9.17) is 11.6 Å². The van der Waals surface area contributed by atoms with Crippen LogP contribution in [0, 0.1) is 16.3 Å². The number of benzene rings is 1. The second-order valence-electron chi connectivity index (χ2n) is 4.77. The zero-order chi connectivity index (χ0) is 15.0. The molecule has 0 N–H and O–H groups in total. The fraction of sp³-hybridized carbons (Fsp3) is 0.200. The van der Waals surface area contributed by atoms with E-state index < -0.39 is 0 Å². The molecule has 3 aromatic rings. The first-order valence-electron chi connectivity index (χ1n) is 6.40. The Morgan fingerprint density at radius 3 is 2.90 bits per heavy atom. The van der Waals surface area contributed by atoms with Crippen LogP contribution in [0.25, 0.3) is 11.0 Å². The van der Waals surface area contributed by atoms with Crippen molar-refractivity contribution in [3.63, 3.8) is 0 Å². The van der Waals surface area contributed by atoms with Crippen LogP contribution >= 0.6 is 34.2 Å². The second kappa shape index (κ2) is 5.88. The predicted molar refractivity (Wildman–Crippen MR) is 90.0 cm³/mol. The van der Waals surface area contributed by atoms with E-state index in [9.17, 15) is 4.39 Å². The van der Waals surface area contributed by atoms with Crippen LogP contribution in [0.2, 0.25) is 0 Å². The summed E-state index contributed by atoms with van der Waals surface area (Å²) in [6, 6.07) is 7.15. The third-order valence-corrected chi connectivity index (χ3v) is 4.48. The van der Waals surface area contributed by atoms with Gasteiger partial charge in [0, 0.05) is 12.3 Å². The Kier molecular flexibility index (Phi) is 4.12. The van der Waals surface area contributed by atoms with Crippen LogP contribution in [-0.4, -0.2) is 14.5 Å². The maximum absolute atomic E-state index is 13.9. The van der Waals surface area contributed by atoms with Crippen molar-refractivity contribution >= 4 is 45.2 Å². The summed E-state index contributed by atoms with van der Waals surface area (Å²) in [6.07, 6.45) is 1.76. The van der Waals surface area contributed by atoms with Gasteiger partial charge in [-0.1, -0.05) is 6.07 Å². The molecular weight excluding hydrogens is 404 g/mol. The molecule has 0 bridgehead atoms. The molecule has 0 saturated carbocycles. The largest absolute Gasteiger partial charge is 0.321 e. The van der Waals surface area contributed by atoms with Crippen molar-refractivity contribution < 1.29 is 4.39 Å². The zero-order valence-corrected chi connectivity index (χ0v) is 14.2. The van der Waals surface area contributed by atoms with Crippen LogP contribution in [0.5, 0.6) is 0 Å². The van der Waals surface area contributed by atoms with Crippen LogP contribution < -0.4 is 0 Å². The van der Waals surface area contributed by atoms with Crippen molar-refractivity contribution in [1.29, 1.82) is 0 Å². The second-order valence-corrected chi connectivity index (χ2v) is 6.20. The topological polar surface area (TPSA) is 30.7 Å². The van der Waals surface area contributed by atoms with Gasteiger partial charge in [0.05, 0.1) is 32.7 Å². The Labute approximate surface area is 140 Å². The fourth-order valence-corrected chi connectivity index (χ4v) is 2.94. The van der Waals surface area contributed by atoms with Crippen LogP contribution in [-0.2, 0) is 12.4 Å². The summed E-state index contributed by atoms with van der Waals surface area (Å²) in [5.41, 5.74) is 3.52. The number of rotatable bonds is 3. The third kappa shape index (κ3) is 2.76. The lowest BCUT2D eigenvalue weighted by atomic mass is 10.2. The van der Waals surface area contributed by atoms with Gasteiger partial charge >= 0.3 is 0 Å². The standard InChI is InChI=1S/C15H12ClFIN3/c1-9-3-2-4-19-13(9)8-21-14-5-10(17)11(18)6-12(14)20-15(21)7-16/h2-6H,7-8H2,1H3. The van der Waals surface area contributed by atoms with Gasteiger partial charge in [0.25, 0.3) is 0 Å². The van der Waals surface area contributed by atoms with Crippen molar-refractivity contribution in [2.75, 3.05) is 0 Å². The molecule has 0 amide bonds. The molecule has 21 heavy (non-hydrogen) atoms. The minimum absolute atomic E-state index is 0.247. The number of fused-ring (bicyclic) bond motifs is 1. The molecule has 3 nitrogen and oxygen atoms in total. The number of aromatic nitrogens is 3. The molecule has 0 atom stereocenters. The summed E-state index contributed by atoms with van der Waals surface area (Å²) in [6.45, 7) is 2.54. The van der Waals surface area contributed by atoms with Gasteiger partial charge in [0.2, 0.25) is 0 Å². The van der Waals surface area contributed by atoms with E-state index in [-0.39, 0.29) is 11.7 Å². The Morgan fingerprint density at radius 1 is 1.38 bits per heavy atom. The van der Waals surface area contributed by atoms with Crippen LogP contribution in [0.4, 0.5) is 4.39 Å². The number of hydrogen-bond donors (Lipinski definition) is 0. The molecule has 0 aliphatic carbocycles. The predicted octanol–water partition coefficient (Wildman–Crippen LogP) is 4.27. The summed E-state index contributed by atoms with van der Waals surface area (Å²) in [4.78, 5) is 8.88. The zero-order valence-electron chi connectivity index (χ0n) is 11.3. The average molecular weight is 416 g/mol. The van der Waals surface area contributed by atoms with Gasteiger partial charge < -0.3 is 4.57 Å². The van der Waals surface area contributed by atoms with Crippen molar-refractivity contribution in [3.05, 3.63) is 56.9 Å². The monoisotopic (exact) mass is 415 g/mol. The molecule has 3 rings (SSSR count). The van der Waals surface area contributed by atoms with Gasteiger partial charge in [-0.3, -0.25) is 4.98 Å². The molecule has 6 heteroatoms. The molecule has 0 saturated heterocycles. The number of hydrogen-bond acceptors (Lipinski definition) is 2. The quantitative estimate of drug-likeness (QED) is 0.472. The van der Waals surface area contributed by atoms with Gasteiger partial charge in [-0.05, 0) is 47.2 Å². The highest BCUT2D eigenvalue weighted by Gasteiger charge is 2.14. The van der Waals surface area contributed by atoms with Crippen LogP contribution in [0.15, 0.2) is 30.5 Å². The highest BCUT2D eigenvalue weighted by molar-refractivity contribution is 14.1. The maximum atomic E-state index is 13.9. The normalized spacial score (nSPS) is 11.2. The summed E-state index contributed by atoms with van der Waals surface area (Å²) >= 11 is 7.95. The number of pyridine rings is 1. The number of nitrogens with zero attached hydrogens (tertiary/aromatic N) is 3. The molecule has 0 radical (unpaired) electrons. The SMILES string of the molecule is Cc1cccnc1Cn1c(CCl)nc2cc(I)c(F)cc21. The van der Waals surface area contributed by atoms with E-state index in [0.717, 1.165) is 28.1 Å². The smallest absolute Gasteiger partial charge is 0.138 e. The number of halogens is 3. The molecule has 0 aliphatic rings.